The number of halogens is 1. The molecule has 1 aliphatic rings. The van der Waals surface area contributed by atoms with E-state index < -0.39 is 5.82 Å². The Morgan fingerprint density at radius 2 is 2.06 bits per heavy atom. The third kappa shape index (κ3) is 3.08. The molecule has 0 saturated heterocycles. The van der Waals surface area contributed by atoms with Gasteiger partial charge in [-0.3, -0.25) is 0 Å². The van der Waals surface area contributed by atoms with Crippen molar-refractivity contribution in [3.8, 4) is 11.6 Å². The van der Waals surface area contributed by atoms with Gasteiger partial charge in [0.05, 0.1) is 12.3 Å². The fourth-order valence-corrected chi connectivity index (χ4v) is 1.22. The molecule has 16 heavy (non-hydrogen) atoms. The van der Waals surface area contributed by atoms with Gasteiger partial charge in [-0.2, -0.15) is 0 Å². The van der Waals surface area contributed by atoms with E-state index in [2.05, 4.69) is 4.98 Å². The van der Waals surface area contributed by atoms with Gasteiger partial charge < -0.3 is 9.47 Å². The van der Waals surface area contributed by atoms with Gasteiger partial charge in [0.2, 0.25) is 5.88 Å². The van der Waals surface area contributed by atoms with Gasteiger partial charge in [-0.15, -0.1) is 0 Å². The van der Waals surface area contributed by atoms with Crippen molar-refractivity contribution in [3.05, 3.63) is 18.1 Å². The molecule has 88 valence electrons. The Kier molecular flexibility index (Phi) is 2.74. The van der Waals surface area contributed by atoms with Gasteiger partial charge >= 0.3 is 0 Å². The lowest BCUT2D eigenvalue weighted by atomic mass is 10.2. The number of aromatic nitrogens is 1. The summed E-state index contributed by atoms with van der Waals surface area (Å²) in [6.45, 7) is 5.67. The third-order valence-corrected chi connectivity index (χ3v) is 2.02. The highest BCUT2D eigenvalue weighted by molar-refractivity contribution is 5.26. The van der Waals surface area contributed by atoms with Crippen LogP contribution in [0.4, 0.5) is 4.39 Å². The maximum atomic E-state index is 13.6. The van der Waals surface area contributed by atoms with Crippen LogP contribution in [0, 0.1) is 5.82 Å². The van der Waals surface area contributed by atoms with Crippen LogP contribution in [-0.2, 0) is 0 Å². The van der Waals surface area contributed by atoms with Gasteiger partial charge in [0.25, 0.3) is 0 Å². The molecule has 2 rings (SSSR count). The summed E-state index contributed by atoms with van der Waals surface area (Å²) in [4.78, 5) is 4.02. The summed E-state index contributed by atoms with van der Waals surface area (Å²) in [5.41, 5.74) is -0.377. The molecule has 1 saturated carbocycles. The molecule has 1 aromatic heterocycles. The smallest absolute Gasteiger partial charge is 0.216 e. The molecule has 0 radical (unpaired) electrons. The minimum Gasteiger partial charge on any atom is -0.486 e. The average molecular weight is 225 g/mol. The fraction of sp³-hybridized carbons (Fsp3) is 0.583. The Balaban J connectivity index is 2.08. The van der Waals surface area contributed by atoms with Crippen LogP contribution in [0.25, 0.3) is 0 Å². The van der Waals surface area contributed by atoms with Crippen molar-refractivity contribution in [2.75, 3.05) is 0 Å². The van der Waals surface area contributed by atoms with Crippen molar-refractivity contribution in [2.24, 2.45) is 0 Å². The Morgan fingerprint density at radius 1 is 1.38 bits per heavy atom. The first-order valence-corrected chi connectivity index (χ1v) is 5.45. The quantitative estimate of drug-likeness (QED) is 0.792. The minimum atomic E-state index is -0.416. The zero-order valence-corrected chi connectivity index (χ0v) is 9.79. The number of ether oxygens (including phenoxy) is 2. The first kappa shape index (κ1) is 11.2. The van der Waals surface area contributed by atoms with Gasteiger partial charge in [-0.1, -0.05) is 0 Å². The van der Waals surface area contributed by atoms with Crippen LogP contribution < -0.4 is 9.47 Å². The molecule has 0 aliphatic heterocycles. The lowest BCUT2D eigenvalue weighted by molar-refractivity contribution is 0.123. The van der Waals surface area contributed by atoms with E-state index in [1.54, 1.807) is 0 Å². The highest BCUT2D eigenvalue weighted by Crippen LogP contribution is 2.29. The Morgan fingerprint density at radius 3 is 2.56 bits per heavy atom. The van der Waals surface area contributed by atoms with Crippen molar-refractivity contribution in [1.82, 2.24) is 4.98 Å². The number of hydrogen-bond acceptors (Lipinski definition) is 3. The van der Waals surface area contributed by atoms with E-state index in [4.69, 9.17) is 9.47 Å². The van der Waals surface area contributed by atoms with E-state index in [0.717, 1.165) is 12.8 Å². The molecule has 1 fully saturated rings. The maximum Gasteiger partial charge on any atom is 0.216 e. The second-order valence-electron chi connectivity index (χ2n) is 4.98. The summed E-state index contributed by atoms with van der Waals surface area (Å²) in [5.74, 6) is 0.0815. The summed E-state index contributed by atoms with van der Waals surface area (Å²) in [5, 5.41) is 0. The molecule has 1 aromatic rings. The Labute approximate surface area is 94.6 Å². The van der Waals surface area contributed by atoms with Crippen LogP contribution in [0.3, 0.4) is 0 Å². The second-order valence-corrected chi connectivity index (χ2v) is 4.98. The molecule has 0 amide bonds. The van der Waals surface area contributed by atoms with Gasteiger partial charge in [0.1, 0.15) is 5.60 Å². The zero-order valence-electron chi connectivity index (χ0n) is 9.79. The van der Waals surface area contributed by atoms with Gasteiger partial charge in [-0.25, -0.2) is 9.37 Å². The van der Waals surface area contributed by atoms with Gasteiger partial charge in [0.15, 0.2) is 11.6 Å². The van der Waals surface area contributed by atoms with E-state index in [1.165, 1.54) is 12.3 Å². The van der Waals surface area contributed by atoms with Crippen LogP contribution in [0.15, 0.2) is 12.3 Å². The van der Waals surface area contributed by atoms with Crippen LogP contribution >= 0.6 is 0 Å². The van der Waals surface area contributed by atoms with E-state index >= 15 is 0 Å². The molecule has 0 unspecified atom stereocenters. The lowest BCUT2D eigenvalue weighted by Crippen LogP contribution is -2.23. The van der Waals surface area contributed by atoms with Crippen molar-refractivity contribution in [1.29, 1.82) is 0 Å². The predicted octanol–water partition coefficient (Wildman–Crippen LogP) is 2.94. The molecule has 0 spiro atoms. The zero-order chi connectivity index (χ0) is 11.8. The van der Waals surface area contributed by atoms with Crippen LogP contribution in [0.5, 0.6) is 11.6 Å². The average Bonchev–Trinajstić information content (AvgIpc) is 2.90. The number of hydrogen-bond donors (Lipinski definition) is 0. The number of nitrogens with zero attached hydrogens (tertiary/aromatic N) is 1. The summed E-state index contributed by atoms with van der Waals surface area (Å²) in [6.07, 6.45) is 3.55. The van der Waals surface area contributed by atoms with Crippen LogP contribution in [-0.4, -0.2) is 16.7 Å². The highest BCUT2D eigenvalue weighted by Gasteiger charge is 2.25. The molecule has 0 N–H and O–H groups in total. The molecular weight excluding hydrogens is 209 g/mol. The first-order valence-electron chi connectivity index (χ1n) is 5.45. The maximum absolute atomic E-state index is 13.6. The summed E-state index contributed by atoms with van der Waals surface area (Å²) in [7, 11) is 0. The minimum absolute atomic E-state index is 0.172. The molecular formula is C12H16FNO2. The van der Waals surface area contributed by atoms with Crippen molar-refractivity contribution in [2.45, 2.75) is 45.3 Å². The molecule has 0 bridgehead atoms. The largest absolute Gasteiger partial charge is 0.486 e. The summed E-state index contributed by atoms with van der Waals surface area (Å²) in [6, 6.07) is 1.27. The van der Waals surface area contributed by atoms with Crippen molar-refractivity contribution < 1.29 is 13.9 Å². The monoisotopic (exact) mass is 225 g/mol. The van der Waals surface area contributed by atoms with Gasteiger partial charge in [-0.05, 0) is 33.6 Å². The molecule has 1 heterocycles. The van der Waals surface area contributed by atoms with Crippen molar-refractivity contribution in [3.63, 3.8) is 0 Å². The Bertz CT molecular complexity index is 383. The van der Waals surface area contributed by atoms with E-state index in [0.29, 0.717) is 0 Å². The lowest BCUT2D eigenvalue weighted by Gasteiger charge is -2.20. The summed E-state index contributed by atoms with van der Waals surface area (Å²) < 4.78 is 24.4. The standard InChI is InChI=1S/C12H16FNO2/c1-12(2,3)16-11-6-9(13)10(7-14-11)15-8-4-5-8/h6-8H,4-5H2,1-3H3. The van der Waals surface area contributed by atoms with E-state index in [9.17, 15) is 4.39 Å². The molecule has 4 heteroatoms. The van der Waals surface area contributed by atoms with Crippen molar-refractivity contribution >= 4 is 0 Å². The predicted molar refractivity (Wildman–Crippen MR) is 58.2 cm³/mol. The molecule has 1 aliphatic carbocycles. The SMILES string of the molecule is CC(C)(C)Oc1cc(F)c(OC2CC2)cn1. The van der Waals surface area contributed by atoms with Crippen LogP contribution in [0.1, 0.15) is 33.6 Å². The normalized spacial score (nSPS) is 16.0. The molecule has 0 atom stereocenters. The Hall–Kier alpha value is -1.32. The first-order chi connectivity index (χ1) is 7.44. The fourth-order valence-electron chi connectivity index (χ4n) is 1.22. The van der Waals surface area contributed by atoms with E-state index in [1.807, 2.05) is 20.8 Å². The van der Waals surface area contributed by atoms with Crippen LogP contribution in [0.2, 0.25) is 0 Å². The highest BCUT2D eigenvalue weighted by atomic mass is 19.1. The number of pyridine rings is 1. The summed E-state index contributed by atoms with van der Waals surface area (Å²) >= 11 is 0. The molecule has 3 nitrogen and oxygen atoms in total. The topological polar surface area (TPSA) is 31.4 Å². The second kappa shape index (κ2) is 3.92. The van der Waals surface area contributed by atoms with E-state index in [-0.39, 0.29) is 23.3 Å². The van der Waals surface area contributed by atoms with Gasteiger partial charge in [0, 0.05) is 6.07 Å². The third-order valence-electron chi connectivity index (χ3n) is 2.02. The number of rotatable bonds is 3. The molecule has 0 aromatic carbocycles.